The van der Waals surface area contributed by atoms with Gasteiger partial charge in [0.1, 0.15) is 5.75 Å². The van der Waals surface area contributed by atoms with E-state index in [0.717, 1.165) is 42.9 Å². The highest BCUT2D eigenvalue weighted by molar-refractivity contribution is 5.44. The van der Waals surface area contributed by atoms with Crippen LogP contribution < -0.4 is 4.74 Å². The summed E-state index contributed by atoms with van der Waals surface area (Å²) >= 11 is 0. The first kappa shape index (κ1) is 15.8. The monoisotopic (exact) mass is 290 g/mol. The fourth-order valence-electron chi connectivity index (χ4n) is 2.24. The van der Waals surface area contributed by atoms with Crippen LogP contribution in [0.4, 0.5) is 0 Å². The molecule has 21 heavy (non-hydrogen) atoms. The Balaban J connectivity index is 2.01. The van der Waals surface area contributed by atoms with Crippen molar-refractivity contribution in [2.75, 3.05) is 26.9 Å². The van der Waals surface area contributed by atoms with Crippen LogP contribution in [0.25, 0.3) is 0 Å². The fourth-order valence-corrected chi connectivity index (χ4v) is 2.24. The SMILES string of the molecule is COc1ccc(C#CCCO)cc1COC1CCOCC1. The van der Waals surface area contributed by atoms with Gasteiger partial charge in [-0.3, -0.25) is 0 Å². The van der Waals surface area contributed by atoms with E-state index in [1.807, 2.05) is 18.2 Å². The zero-order chi connectivity index (χ0) is 14.9. The average molecular weight is 290 g/mol. The second-order valence-electron chi connectivity index (χ2n) is 4.92. The first-order valence-corrected chi connectivity index (χ1v) is 7.29. The molecule has 1 heterocycles. The third kappa shape index (κ3) is 5.05. The molecule has 0 aromatic heterocycles. The summed E-state index contributed by atoms with van der Waals surface area (Å²) in [7, 11) is 1.66. The Morgan fingerprint density at radius 1 is 1.33 bits per heavy atom. The molecule has 0 atom stereocenters. The van der Waals surface area contributed by atoms with Crippen molar-refractivity contribution in [1.82, 2.24) is 0 Å². The molecule has 4 heteroatoms. The summed E-state index contributed by atoms with van der Waals surface area (Å²) in [4.78, 5) is 0. The minimum Gasteiger partial charge on any atom is -0.496 e. The number of aliphatic hydroxyl groups is 1. The average Bonchev–Trinajstić information content (AvgIpc) is 2.54. The summed E-state index contributed by atoms with van der Waals surface area (Å²) in [6, 6.07) is 5.81. The minimum atomic E-state index is 0.0862. The molecule has 0 unspecified atom stereocenters. The molecule has 1 aliphatic rings. The van der Waals surface area contributed by atoms with Gasteiger partial charge in [0.25, 0.3) is 0 Å². The fraction of sp³-hybridized carbons (Fsp3) is 0.529. The van der Waals surface area contributed by atoms with Crippen LogP contribution >= 0.6 is 0 Å². The van der Waals surface area contributed by atoms with Crippen LogP contribution in [0, 0.1) is 11.8 Å². The van der Waals surface area contributed by atoms with Crippen molar-refractivity contribution in [3.8, 4) is 17.6 Å². The maximum absolute atomic E-state index is 8.76. The summed E-state index contributed by atoms with van der Waals surface area (Å²) < 4.78 is 16.6. The van der Waals surface area contributed by atoms with Crippen LogP contribution in [0.15, 0.2) is 18.2 Å². The van der Waals surface area contributed by atoms with E-state index >= 15 is 0 Å². The quantitative estimate of drug-likeness (QED) is 0.844. The molecule has 0 radical (unpaired) electrons. The Hall–Kier alpha value is -1.54. The number of ether oxygens (including phenoxy) is 3. The lowest BCUT2D eigenvalue weighted by atomic mass is 10.1. The van der Waals surface area contributed by atoms with Gasteiger partial charge in [-0.05, 0) is 31.0 Å². The van der Waals surface area contributed by atoms with Gasteiger partial charge in [0.2, 0.25) is 0 Å². The predicted molar refractivity (Wildman–Crippen MR) is 80.2 cm³/mol. The third-order valence-electron chi connectivity index (χ3n) is 3.39. The van der Waals surface area contributed by atoms with Crippen LogP contribution in [0.3, 0.4) is 0 Å². The van der Waals surface area contributed by atoms with Gasteiger partial charge in [-0.2, -0.15) is 0 Å². The molecule has 0 spiro atoms. The van der Waals surface area contributed by atoms with E-state index in [2.05, 4.69) is 11.8 Å². The Kier molecular flexibility index (Phi) is 6.55. The molecule has 1 N–H and O–H groups in total. The number of benzene rings is 1. The van der Waals surface area contributed by atoms with Crippen molar-refractivity contribution in [1.29, 1.82) is 0 Å². The highest BCUT2D eigenvalue weighted by Gasteiger charge is 2.15. The smallest absolute Gasteiger partial charge is 0.124 e. The molecule has 1 fully saturated rings. The normalized spacial score (nSPS) is 15.3. The molecule has 1 aliphatic heterocycles. The van der Waals surface area contributed by atoms with Crippen molar-refractivity contribution in [3.05, 3.63) is 29.3 Å². The van der Waals surface area contributed by atoms with Crippen molar-refractivity contribution >= 4 is 0 Å². The van der Waals surface area contributed by atoms with Gasteiger partial charge in [-0.1, -0.05) is 11.8 Å². The van der Waals surface area contributed by atoms with Gasteiger partial charge >= 0.3 is 0 Å². The van der Waals surface area contributed by atoms with Gasteiger partial charge in [-0.25, -0.2) is 0 Å². The van der Waals surface area contributed by atoms with Crippen molar-refractivity contribution in [2.45, 2.75) is 32.0 Å². The summed E-state index contributed by atoms with van der Waals surface area (Å²) in [6.45, 7) is 2.15. The summed E-state index contributed by atoms with van der Waals surface area (Å²) in [5, 5.41) is 8.76. The van der Waals surface area contributed by atoms with Gasteiger partial charge in [0.15, 0.2) is 0 Å². The van der Waals surface area contributed by atoms with Gasteiger partial charge in [0.05, 0.1) is 26.4 Å². The molecular formula is C17H22O4. The van der Waals surface area contributed by atoms with E-state index in [1.54, 1.807) is 7.11 Å². The maximum Gasteiger partial charge on any atom is 0.124 e. The van der Waals surface area contributed by atoms with Crippen LogP contribution in [0.2, 0.25) is 0 Å². The Morgan fingerprint density at radius 3 is 2.86 bits per heavy atom. The first-order valence-electron chi connectivity index (χ1n) is 7.29. The highest BCUT2D eigenvalue weighted by Crippen LogP contribution is 2.22. The predicted octanol–water partition coefficient (Wildman–Crippen LogP) is 2.12. The van der Waals surface area contributed by atoms with Crippen molar-refractivity contribution < 1.29 is 19.3 Å². The van der Waals surface area contributed by atoms with Crippen molar-refractivity contribution in [2.24, 2.45) is 0 Å². The Labute approximate surface area is 126 Å². The molecule has 1 aromatic carbocycles. The molecule has 1 saturated heterocycles. The van der Waals surface area contributed by atoms with E-state index in [9.17, 15) is 0 Å². The highest BCUT2D eigenvalue weighted by atomic mass is 16.5. The van der Waals surface area contributed by atoms with Gasteiger partial charge in [-0.15, -0.1) is 0 Å². The molecule has 2 rings (SSSR count). The van der Waals surface area contributed by atoms with E-state index in [-0.39, 0.29) is 12.7 Å². The summed E-state index contributed by atoms with van der Waals surface area (Å²) in [5.41, 5.74) is 1.91. The van der Waals surface area contributed by atoms with Crippen LogP contribution in [0.5, 0.6) is 5.75 Å². The number of aliphatic hydroxyl groups excluding tert-OH is 1. The van der Waals surface area contributed by atoms with Crippen molar-refractivity contribution in [3.63, 3.8) is 0 Å². The van der Waals surface area contributed by atoms with E-state index in [0.29, 0.717) is 13.0 Å². The zero-order valence-electron chi connectivity index (χ0n) is 12.4. The lowest BCUT2D eigenvalue weighted by Crippen LogP contribution is -2.23. The summed E-state index contributed by atoms with van der Waals surface area (Å²) in [5.74, 6) is 6.77. The molecule has 114 valence electrons. The molecule has 0 amide bonds. The zero-order valence-corrected chi connectivity index (χ0v) is 12.4. The van der Waals surface area contributed by atoms with Gasteiger partial charge < -0.3 is 19.3 Å². The standard InChI is InChI=1S/C17H22O4/c1-19-17-6-5-14(4-2-3-9-18)12-15(17)13-21-16-7-10-20-11-8-16/h5-6,12,16,18H,3,7-11,13H2,1H3. The lowest BCUT2D eigenvalue weighted by molar-refractivity contribution is -0.0394. The van der Waals surface area contributed by atoms with E-state index in [1.165, 1.54) is 0 Å². The molecule has 0 aliphatic carbocycles. The lowest BCUT2D eigenvalue weighted by Gasteiger charge is -2.22. The number of methoxy groups -OCH3 is 1. The second-order valence-corrected chi connectivity index (χ2v) is 4.92. The van der Waals surface area contributed by atoms with E-state index in [4.69, 9.17) is 19.3 Å². The van der Waals surface area contributed by atoms with Crippen LogP contribution in [0.1, 0.15) is 30.4 Å². The minimum absolute atomic E-state index is 0.0862. The maximum atomic E-state index is 8.76. The second kappa shape index (κ2) is 8.68. The Bertz CT molecular complexity index is 495. The van der Waals surface area contributed by atoms with Crippen LogP contribution in [-0.2, 0) is 16.1 Å². The molecule has 0 bridgehead atoms. The third-order valence-corrected chi connectivity index (χ3v) is 3.39. The molecular weight excluding hydrogens is 268 g/mol. The number of rotatable bonds is 5. The number of hydrogen-bond acceptors (Lipinski definition) is 4. The number of hydrogen-bond donors (Lipinski definition) is 1. The topological polar surface area (TPSA) is 47.9 Å². The molecule has 1 aromatic rings. The largest absolute Gasteiger partial charge is 0.496 e. The van der Waals surface area contributed by atoms with Gasteiger partial charge in [0, 0.05) is 30.8 Å². The molecule has 0 saturated carbocycles. The van der Waals surface area contributed by atoms with Crippen LogP contribution in [-0.4, -0.2) is 38.1 Å². The summed E-state index contributed by atoms with van der Waals surface area (Å²) in [6.07, 6.45) is 2.63. The first-order chi connectivity index (χ1) is 10.3. The van der Waals surface area contributed by atoms with E-state index < -0.39 is 0 Å². The molecule has 4 nitrogen and oxygen atoms in total. The Morgan fingerprint density at radius 2 is 2.14 bits per heavy atom.